The molecule has 11 heavy (non-hydrogen) atoms. The van der Waals surface area contributed by atoms with Crippen LogP contribution in [0.4, 0.5) is 9.59 Å². The van der Waals surface area contributed by atoms with Crippen molar-refractivity contribution in [2.45, 2.75) is 6.29 Å². The van der Waals surface area contributed by atoms with Gasteiger partial charge in [0.15, 0.2) is 0 Å². The molecule has 7 nitrogen and oxygen atoms in total. The van der Waals surface area contributed by atoms with Crippen molar-refractivity contribution >= 4 is 18.4 Å². The van der Waals surface area contributed by atoms with E-state index in [0.717, 1.165) is 0 Å². The minimum absolute atomic E-state index is 0.503. The first-order valence-corrected chi connectivity index (χ1v) is 2.96. The fraction of sp³-hybridized carbons (Fsp3) is 0.250. The summed E-state index contributed by atoms with van der Waals surface area (Å²) >= 11 is 0. The molecule has 1 fully saturated rings. The molecular weight excluding hydrogens is 150 g/mol. The Hall–Kier alpha value is -1.79. The van der Waals surface area contributed by atoms with Crippen molar-refractivity contribution in [1.29, 1.82) is 0 Å². The highest BCUT2D eigenvalue weighted by Crippen LogP contribution is 2.02. The molecule has 0 saturated carbocycles. The molecule has 0 aromatic carbocycles. The highest BCUT2D eigenvalue weighted by atomic mass is 16.2. The van der Waals surface area contributed by atoms with E-state index in [1.807, 2.05) is 5.32 Å². The first kappa shape index (κ1) is 5.96. The van der Waals surface area contributed by atoms with E-state index in [0.29, 0.717) is 0 Å². The normalized spacial score (nSPS) is 27.3. The second kappa shape index (κ2) is 1.84. The Bertz CT molecular complexity index is 249. The summed E-state index contributed by atoms with van der Waals surface area (Å²) in [6.07, 6.45) is 0.742. The average molecular weight is 155 g/mol. The first-order chi connectivity index (χ1) is 5.27. The lowest BCUT2D eigenvalue weighted by Crippen LogP contribution is -2.63. The summed E-state index contributed by atoms with van der Waals surface area (Å²) < 4.78 is 0. The number of hydrogen-bond acceptors (Lipinski definition) is 4. The van der Waals surface area contributed by atoms with Gasteiger partial charge in [0.1, 0.15) is 6.34 Å². The number of nitrogens with one attached hydrogen (secondary N) is 3. The fourth-order valence-electron chi connectivity index (χ4n) is 0.886. The Morgan fingerprint density at radius 1 is 1.55 bits per heavy atom. The van der Waals surface area contributed by atoms with Gasteiger partial charge >= 0.3 is 12.1 Å². The van der Waals surface area contributed by atoms with Crippen LogP contribution in [0, 0.1) is 0 Å². The lowest BCUT2D eigenvalue weighted by atomic mass is 10.6. The number of carbonyl (C=O) groups is 2. The van der Waals surface area contributed by atoms with Gasteiger partial charge in [-0.3, -0.25) is 16.1 Å². The minimum atomic E-state index is -0.601. The Morgan fingerprint density at radius 2 is 2.36 bits per heavy atom. The standard InChI is InChI=1S/C4H5N5O2/c10-3-7-2-5-1-6-9(2)4(11)8-3/h1-2H,(H,5,6)(H2,7,8,10,11). The summed E-state index contributed by atoms with van der Waals surface area (Å²) in [7, 11) is 0. The summed E-state index contributed by atoms with van der Waals surface area (Å²) in [6.45, 7) is 0. The molecule has 2 aliphatic rings. The van der Waals surface area contributed by atoms with Crippen LogP contribution in [0.1, 0.15) is 0 Å². The molecule has 4 amide bonds. The Labute approximate surface area is 61.4 Å². The third-order valence-corrected chi connectivity index (χ3v) is 1.36. The molecule has 0 radical (unpaired) electrons. The van der Waals surface area contributed by atoms with Gasteiger partial charge in [-0.05, 0) is 0 Å². The van der Waals surface area contributed by atoms with Gasteiger partial charge in [0.25, 0.3) is 0 Å². The number of amides is 4. The van der Waals surface area contributed by atoms with Crippen LogP contribution in [0.2, 0.25) is 0 Å². The molecule has 0 bridgehead atoms. The van der Waals surface area contributed by atoms with Crippen LogP contribution < -0.4 is 16.1 Å². The lowest BCUT2D eigenvalue weighted by Gasteiger charge is -2.27. The zero-order chi connectivity index (χ0) is 7.84. The molecule has 2 heterocycles. The first-order valence-electron chi connectivity index (χ1n) is 2.96. The Kier molecular flexibility index (Phi) is 0.999. The number of fused-ring (bicyclic) bond motifs is 1. The van der Waals surface area contributed by atoms with Crippen molar-refractivity contribution in [2.24, 2.45) is 4.99 Å². The highest BCUT2D eigenvalue weighted by Gasteiger charge is 2.33. The van der Waals surface area contributed by atoms with Gasteiger partial charge in [-0.15, -0.1) is 0 Å². The van der Waals surface area contributed by atoms with Crippen molar-refractivity contribution in [2.75, 3.05) is 0 Å². The van der Waals surface area contributed by atoms with E-state index in [4.69, 9.17) is 0 Å². The molecule has 0 aromatic rings. The molecule has 0 aromatic heterocycles. The molecule has 2 rings (SSSR count). The molecule has 0 spiro atoms. The maximum atomic E-state index is 10.9. The monoisotopic (exact) mass is 155 g/mol. The van der Waals surface area contributed by atoms with Crippen LogP contribution in [0.15, 0.2) is 4.99 Å². The molecule has 1 unspecified atom stereocenters. The van der Waals surface area contributed by atoms with Gasteiger partial charge < -0.3 is 0 Å². The van der Waals surface area contributed by atoms with Crippen molar-refractivity contribution in [3.63, 3.8) is 0 Å². The number of hydrazine groups is 1. The van der Waals surface area contributed by atoms with Crippen LogP contribution in [-0.4, -0.2) is 29.7 Å². The lowest BCUT2D eigenvalue weighted by molar-refractivity contribution is 0.143. The van der Waals surface area contributed by atoms with E-state index < -0.39 is 18.4 Å². The van der Waals surface area contributed by atoms with Gasteiger partial charge in [0, 0.05) is 0 Å². The molecule has 58 valence electrons. The van der Waals surface area contributed by atoms with Crippen molar-refractivity contribution in [3.8, 4) is 0 Å². The SMILES string of the molecule is O=C1NC(=O)N2NC=NC2N1. The van der Waals surface area contributed by atoms with E-state index >= 15 is 0 Å². The topological polar surface area (TPSA) is 85.8 Å². The van der Waals surface area contributed by atoms with Crippen LogP contribution >= 0.6 is 0 Å². The van der Waals surface area contributed by atoms with Gasteiger partial charge in [-0.25, -0.2) is 14.6 Å². The van der Waals surface area contributed by atoms with Crippen molar-refractivity contribution in [1.82, 2.24) is 21.1 Å². The Balaban J connectivity index is 2.20. The predicted octanol–water partition coefficient (Wildman–Crippen LogP) is -1.45. The molecule has 0 aliphatic carbocycles. The molecular formula is C4H5N5O2. The number of hydrogen-bond donors (Lipinski definition) is 3. The number of imide groups is 1. The van der Waals surface area contributed by atoms with E-state index in [2.05, 4.69) is 15.7 Å². The summed E-state index contributed by atoms with van der Waals surface area (Å²) in [5.41, 5.74) is 2.54. The Morgan fingerprint density at radius 3 is 3.18 bits per heavy atom. The maximum Gasteiger partial charge on any atom is 0.347 e. The second-order valence-corrected chi connectivity index (χ2v) is 2.05. The third-order valence-electron chi connectivity index (χ3n) is 1.36. The van der Waals surface area contributed by atoms with E-state index in [1.165, 1.54) is 11.3 Å². The zero-order valence-corrected chi connectivity index (χ0v) is 5.37. The van der Waals surface area contributed by atoms with Crippen LogP contribution in [0.5, 0.6) is 0 Å². The highest BCUT2D eigenvalue weighted by molar-refractivity contribution is 5.96. The zero-order valence-electron chi connectivity index (χ0n) is 5.37. The number of urea groups is 2. The number of carbonyl (C=O) groups excluding carboxylic acids is 2. The number of nitrogens with zero attached hydrogens (tertiary/aromatic N) is 2. The number of aliphatic imine (C=N–C) groups is 1. The van der Waals surface area contributed by atoms with E-state index in [9.17, 15) is 9.59 Å². The minimum Gasteiger partial charge on any atom is -0.297 e. The maximum absolute atomic E-state index is 10.9. The molecule has 1 saturated heterocycles. The molecule has 2 aliphatic heterocycles. The smallest absolute Gasteiger partial charge is 0.297 e. The quantitative estimate of drug-likeness (QED) is 0.400. The van der Waals surface area contributed by atoms with Crippen LogP contribution in [0.3, 0.4) is 0 Å². The largest absolute Gasteiger partial charge is 0.347 e. The third kappa shape index (κ3) is 0.775. The van der Waals surface area contributed by atoms with Crippen LogP contribution in [0.25, 0.3) is 0 Å². The van der Waals surface area contributed by atoms with Gasteiger partial charge in [-0.1, -0.05) is 0 Å². The van der Waals surface area contributed by atoms with Crippen molar-refractivity contribution in [3.05, 3.63) is 0 Å². The van der Waals surface area contributed by atoms with E-state index in [1.54, 1.807) is 0 Å². The summed E-state index contributed by atoms with van der Waals surface area (Å²) in [6, 6.07) is -1.03. The number of rotatable bonds is 0. The van der Waals surface area contributed by atoms with Gasteiger partial charge in [0.2, 0.25) is 6.29 Å². The van der Waals surface area contributed by atoms with E-state index in [-0.39, 0.29) is 0 Å². The summed E-state index contributed by atoms with van der Waals surface area (Å²) in [5.74, 6) is 0. The van der Waals surface area contributed by atoms with Crippen LogP contribution in [-0.2, 0) is 0 Å². The second-order valence-electron chi connectivity index (χ2n) is 2.05. The molecule has 7 heteroatoms. The van der Waals surface area contributed by atoms with Gasteiger partial charge in [0.05, 0.1) is 0 Å². The fourth-order valence-corrected chi connectivity index (χ4v) is 0.886. The summed E-state index contributed by atoms with van der Waals surface area (Å²) in [4.78, 5) is 25.3. The summed E-state index contributed by atoms with van der Waals surface area (Å²) in [5, 5.41) is 5.62. The molecule has 3 N–H and O–H groups in total. The molecule has 1 atom stereocenters. The van der Waals surface area contributed by atoms with Crippen molar-refractivity contribution < 1.29 is 9.59 Å². The average Bonchev–Trinajstić information content (AvgIpc) is 2.34. The van der Waals surface area contributed by atoms with Gasteiger partial charge in [-0.2, -0.15) is 5.01 Å². The predicted molar refractivity (Wildman–Crippen MR) is 34.3 cm³/mol.